The Morgan fingerprint density at radius 3 is 3.19 bits per heavy atom. The molecule has 3 rings (SSSR count). The predicted molar refractivity (Wildman–Crippen MR) is 70.5 cm³/mol. The molecule has 0 spiro atoms. The van der Waals surface area contributed by atoms with Crippen molar-refractivity contribution in [2.24, 2.45) is 0 Å². The van der Waals surface area contributed by atoms with Crippen molar-refractivity contribution < 1.29 is 9.45 Å². The summed E-state index contributed by atoms with van der Waals surface area (Å²) in [6.45, 7) is 2.84. The summed E-state index contributed by atoms with van der Waals surface area (Å²) in [5.74, 6) is 0.989. The lowest BCUT2D eigenvalue weighted by molar-refractivity contribution is -0.385. The van der Waals surface area contributed by atoms with Crippen LogP contribution in [0.25, 0.3) is 0 Å². The fraction of sp³-hybridized carbons (Fsp3) is 0.545. The molecule has 21 heavy (non-hydrogen) atoms. The molecule has 0 aromatic carbocycles. The molecule has 1 unspecified atom stereocenters. The van der Waals surface area contributed by atoms with E-state index >= 15 is 0 Å². The largest absolute Gasteiger partial charge is 0.337 e. The van der Waals surface area contributed by atoms with Crippen LogP contribution in [0.4, 0.5) is 5.69 Å². The number of piperazine rings is 1. The zero-order chi connectivity index (χ0) is 14.8. The van der Waals surface area contributed by atoms with Crippen LogP contribution < -0.4 is 5.32 Å². The Kier molecular flexibility index (Phi) is 3.62. The van der Waals surface area contributed by atoms with Gasteiger partial charge in [-0.25, -0.2) is 0 Å². The SMILES string of the molecule is CN1CCNCC1c1noc(Cn2cc([N+](=O)[O-])cn2)n1. The van der Waals surface area contributed by atoms with Gasteiger partial charge in [0.2, 0.25) is 5.89 Å². The molecule has 10 nitrogen and oxygen atoms in total. The van der Waals surface area contributed by atoms with Crippen LogP contribution in [-0.2, 0) is 6.54 Å². The van der Waals surface area contributed by atoms with Gasteiger partial charge >= 0.3 is 5.69 Å². The molecule has 0 aliphatic carbocycles. The monoisotopic (exact) mass is 293 g/mol. The second-order valence-electron chi connectivity index (χ2n) is 4.90. The second-order valence-corrected chi connectivity index (χ2v) is 4.90. The fourth-order valence-corrected chi connectivity index (χ4v) is 2.23. The van der Waals surface area contributed by atoms with Gasteiger partial charge < -0.3 is 9.84 Å². The number of nitro groups is 1. The molecular weight excluding hydrogens is 278 g/mol. The van der Waals surface area contributed by atoms with Crippen LogP contribution in [0.15, 0.2) is 16.9 Å². The highest BCUT2D eigenvalue weighted by atomic mass is 16.6. The van der Waals surface area contributed by atoms with Crippen LogP contribution in [0, 0.1) is 10.1 Å². The van der Waals surface area contributed by atoms with Crippen molar-refractivity contribution in [2.75, 3.05) is 26.7 Å². The van der Waals surface area contributed by atoms with E-state index in [-0.39, 0.29) is 18.3 Å². The Morgan fingerprint density at radius 1 is 1.62 bits per heavy atom. The van der Waals surface area contributed by atoms with E-state index in [0.29, 0.717) is 11.7 Å². The average molecular weight is 293 g/mol. The summed E-state index contributed by atoms with van der Waals surface area (Å²) in [6, 6.07) is 0.0724. The van der Waals surface area contributed by atoms with E-state index in [1.165, 1.54) is 17.1 Å². The topological polar surface area (TPSA) is 115 Å². The smallest absolute Gasteiger partial charge is 0.307 e. The van der Waals surface area contributed by atoms with Crippen LogP contribution in [0.2, 0.25) is 0 Å². The van der Waals surface area contributed by atoms with Gasteiger partial charge in [0.25, 0.3) is 0 Å². The molecule has 1 saturated heterocycles. The van der Waals surface area contributed by atoms with Crippen molar-refractivity contribution in [3.63, 3.8) is 0 Å². The molecule has 0 saturated carbocycles. The van der Waals surface area contributed by atoms with Crippen molar-refractivity contribution >= 4 is 5.69 Å². The average Bonchev–Trinajstić information content (AvgIpc) is 3.09. The van der Waals surface area contributed by atoms with Crippen molar-refractivity contribution in [2.45, 2.75) is 12.6 Å². The molecule has 112 valence electrons. The number of hydrogen-bond donors (Lipinski definition) is 1. The third-order valence-electron chi connectivity index (χ3n) is 3.42. The predicted octanol–water partition coefficient (Wildman–Crippen LogP) is -0.201. The molecule has 10 heteroatoms. The van der Waals surface area contributed by atoms with Gasteiger partial charge in [-0.05, 0) is 7.05 Å². The molecule has 2 aromatic heterocycles. The Balaban J connectivity index is 1.70. The van der Waals surface area contributed by atoms with Crippen molar-refractivity contribution in [3.8, 4) is 0 Å². The van der Waals surface area contributed by atoms with E-state index in [4.69, 9.17) is 4.52 Å². The summed E-state index contributed by atoms with van der Waals surface area (Å²) < 4.78 is 6.59. The van der Waals surface area contributed by atoms with Gasteiger partial charge in [0.1, 0.15) is 18.9 Å². The Morgan fingerprint density at radius 2 is 2.48 bits per heavy atom. The summed E-state index contributed by atoms with van der Waals surface area (Å²) in [4.78, 5) is 16.6. The number of aromatic nitrogens is 4. The molecule has 3 heterocycles. The molecule has 1 fully saturated rings. The molecule has 2 aromatic rings. The zero-order valence-electron chi connectivity index (χ0n) is 11.5. The van der Waals surface area contributed by atoms with Gasteiger partial charge in [-0.15, -0.1) is 0 Å². The second kappa shape index (κ2) is 5.58. The van der Waals surface area contributed by atoms with Gasteiger partial charge in [0.15, 0.2) is 5.82 Å². The van der Waals surface area contributed by atoms with Crippen molar-refractivity contribution in [1.82, 2.24) is 30.1 Å². The highest BCUT2D eigenvalue weighted by molar-refractivity contribution is 5.20. The normalized spacial score (nSPS) is 19.8. The lowest BCUT2D eigenvalue weighted by Gasteiger charge is -2.30. The summed E-state index contributed by atoms with van der Waals surface area (Å²) >= 11 is 0. The first-order valence-electron chi connectivity index (χ1n) is 6.54. The van der Waals surface area contributed by atoms with Crippen LogP contribution in [-0.4, -0.2) is 56.4 Å². The third kappa shape index (κ3) is 2.90. The fourth-order valence-electron chi connectivity index (χ4n) is 2.23. The molecule has 1 atom stereocenters. The summed E-state index contributed by atoms with van der Waals surface area (Å²) in [5.41, 5.74) is -0.0639. The zero-order valence-corrected chi connectivity index (χ0v) is 11.5. The first kappa shape index (κ1) is 13.6. The molecular formula is C11H15N7O3. The van der Waals surface area contributed by atoms with Crippen LogP contribution >= 0.6 is 0 Å². The van der Waals surface area contributed by atoms with E-state index in [1.54, 1.807) is 0 Å². The first-order chi connectivity index (χ1) is 10.1. The van der Waals surface area contributed by atoms with E-state index in [9.17, 15) is 10.1 Å². The standard InChI is InChI=1S/C11H15N7O3/c1-16-3-2-12-5-9(16)11-14-10(21-15-11)7-17-6-8(4-13-17)18(19)20/h4,6,9,12H,2-3,5,7H2,1H3. The number of nitrogens with zero attached hydrogens (tertiary/aromatic N) is 6. The summed E-state index contributed by atoms with van der Waals surface area (Å²) in [7, 11) is 2.01. The Hall–Kier alpha value is -2.33. The molecule has 1 N–H and O–H groups in total. The maximum atomic E-state index is 10.6. The van der Waals surface area contributed by atoms with Crippen LogP contribution in [0.1, 0.15) is 17.8 Å². The molecule has 0 amide bonds. The van der Waals surface area contributed by atoms with E-state index in [2.05, 4.69) is 25.5 Å². The number of rotatable bonds is 4. The number of likely N-dealkylation sites (N-methyl/N-ethyl adjacent to an activating group) is 1. The van der Waals surface area contributed by atoms with Gasteiger partial charge in [0.05, 0.1) is 11.0 Å². The van der Waals surface area contributed by atoms with Crippen molar-refractivity contribution in [1.29, 1.82) is 0 Å². The highest BCUT2D eigenvalue weighted by Gasteiger charge is 2.25. The van der Waals surface area contributed by atoms with Crippen LogP contribution in [0.5, 0.6) is 0 Å². The molecule has 1 aliphatic heterocycles. The van der Waals surface area contributed by atoms with Gasteiger partial charge in [-0.2, -0.15) is 10.1 Å². The minimum absolute atomic E-state index is 0.0639. The summed E-state index contributed by atoms with van der Waals surface area (Å²) in [6.07, 6.45) is 2.52. The molecule has 1 aliphatic rings. The third-order valence-corrected chi connectivity index (χ3v) is 3.42. The van der Waals surface area contributed by atoms with Crippen LogP contribution in [0.3, 0.4) is 0 Å². The molecule has 0 radical (unpaired) electrons. The maximum Gasteiger partial charge on any atom is 0.307 e. The van der Waals surface area contributed by atoms with E-state index in [1.807, 2.05) is 7.05 Å². The summed E-state index contributed by atoms with van der Waals surface area (Å²) in [5, 5.41) is 21.8. The Bertz CT molecular complexity index is 637. The lowest BCUT2D eigenvalue weighted by Crippen LogP contribution is -2.44. The Labute approximate surface area is 119 Å². The van der Waals surface area contributed by atoms with Crippen molar-refractivity contribution in [3.05, 3.63) is 34.2 Å². The van der Waals surface area contributed by atoms with E-state index < -0.39 is 4.92 Å². The maximum absolute atomic E-state index is 10.6. The quantitative estimate of drug-likeness (QED) is 0.608. The number of nitrogens with one attached hydrogen (secondary N) is 1. The molecule has 0 bridgehead atoms. The first-order valence-corrected chi connectivity index (χ1v) is 6.54. The lowest BCUT2D eigenvalue weighted by atomic mass is 10.2. The van der Waals surface area contributed by atoms with Gasteiger partial charge in [-0.1, -0.05) is 5.16 Å². The van der Waals surface area contributed by atoms with Gasteiger partial charge in [-0.3, -0.25) is 19.7 Å². The minimum Gasteiger partial charge on any atom is -0.337 e. The van der Waals surface area contributed by atoms with E-state index in [0.717, 1.165) is 19.6 Å². The van der Waals surface area contributed by atoms with Gasteiger partial charge in [0, 0.05) is 19.6 Å². The number of hydrogen-bond acceptors (Lipinski definition) is 8. The minimum atomic E-state index is -0.495. The highest BCUT2D eigenvalue weighted by Crippen LogP contribution is 2.18.